The highest BCUT2D eigenvalue weighted by atomic mass is 35.5. The Morgan fingerprint density at radius 2 is 1.25 bits per heavy atom. The first kappa shape index (κ1) is 51.6. The number of amides is 4. The molecule has 2 aromatic rings. The van der Waals surface area contributed by atoms with Gasteiger partial charge in [0, 0.05) is 32.6 Å². The van der Waals surface area contributed by atoms with Gasteiger partial charge < -0.3 is 37.1 Å². The first-order chi connectivity index (χ1) is 25.8. The van der Waals surface area contributed by atoms with E-state index in [-0.39, 0.29) is 72.9 Å². The molecule has 2 aromatic carbocycles. The van der Waals surface area contributed by atoms with Crippen molar-refractivity contribution in [3.8, 4) is 0 Å². The molecule has 320 valence electrons. The van der Waals surface area contributed by atoms with E-state index < -0.39 is 41.9 Å². The fraction of sp³-hybridized carbons (Fsp3) is 0.585. The van der Waals surface area contributed by atoms with Gasteiger partial charge in [-0.05, 0) is 80.9 Å². The van der Waals surface area contributed by atoms with E-state index in [1.165, 1.54) is 7.11 Å². The summed E-state index contributed by atoms with van der Waals surface area (Å²) in [5.74, 6) is -1.79. The molecule has 1 unspecified atom stereocenters. The van der Waals surface area contributed by atoms with Crippen LogP contribution < -0.4 is 27.4 Å². The van der Waals surface area contributed by atoms with Crippen molar-refractivity contribution < 1.29 is 28.7 Å². The minimum atomic E-state index is -0.995. The SMILES string of the molecule is COC(=O)C(C)N1CC2(CCN(C(=O)[C@@H](CCCCN)NC(=O)[C@@H](CC(C)C)NC(=O)[C@@H](Cc3ccccc3)NC(=O)[C@H](N)Cc3ccccc3)CC2)C1.Cl.Cl.Cl. The van der Waals surface area contributed by atoms with Gasteiger partial charge in [-0.1, -0.05) is 74.5 Å². The van der Waals surface area contributed by atoms with Gasteiger partial charge in [0.15, 0.2) is 0 Å². The number of methoxy groups -OCH3 is 1. The Balaban J connectivity index is 0.00000541. The minimum Gasteiger partial charge on any atom is -0.468 e. The van der Waals surface area contributed by atoms with Crippen LogP contribution in [0.15, 0.2) is 60.7 Å². The third-order valence-corrected chi connectivity index (χ3v) is 10.8. The summed E-state index contributed by atoms with van der Waals surface area (Å²) in [5, 5.41) is 8.76. The van der Waals surface area contributed by atoms with E-state index in [0.29, 0.717) is 51.7 Å². The molecule has 2 heterocycles. The summed E-state index contributed by atoms with van der Waals surface area (Å²) < 4.78 is 4.91. The van der Waals surface area contributed by atoms with Crippen LogP contribution in [-0.4, -0.2) is 109 Å². The molecule has 0 radical (unpaired) electrons. The molecule has 5 atom stereocenters. The van der Waals surface area contributed by atoms with Crippen molar-refractivity contribution >= 4 is 66.8 Å². The fourth-order valence-corrected chi connectivity index (χ4v) is 7.44. The fourth-order valence-electron chi connectivity index (χ4n) is 7.44. The Hall–Kier alpha value is -3.46. The van der Waals surface area contributed by atoms with Gasteiger partial charge in [-0.15, -0.1) is 37.2 Å². The predicted molar refractivity (Wildman–Crippen MR) is 229 cm³/mol. The predicted octanol–water partition coefficient (Wildman–Crippen LogP) is 3.18. The van der Waals surface area contributed by atoms with Crippen LogP contribution >= 0.6 is 37.2 Å². The van der Waals surface area contributed by atoms with Crippen LogP contribution in [0.5, 0.6) is 0 Å². The van der Waals surface area contributed by atoms with Crippen molar-refractivity contribution in [2.75, 3.05) is 39.8 Å². The average Bonchev–Trinajstić information content (AvgIpc) is 3.15. The zero-order chi connectivity index (χ0) is 39.3. The lowest BCUT2D eigenvalue weighted by Gasteiger charge is -2.55. The maximum atomic E-state index is 14.0. The molecule has 7 N–H and O–H groups in total. The number of nitrogens with two attached hydrogens (primary N) is 2. The number of unbranched alkanes of at least 4 members (excludes halogenated alkanes) is 1. The molecule has 2 aliphatic heterocycles. The summed E-state index contributed by atoms with van der Waals surface area (Å²) in [4.78, 5) is 71.3. The van der Waals surface area contributed by atoms with Crippen LogP contribution in [0.3, 0.4) is 0 Å². The van der Waals surface area contributed by atoms with E-state index in [1.54, 1.807) is 0 Å². The van der Waals surface area contributed by atoms with Crippen LogP contribution in [0.4, 0.5) is 0 Å². The molecule has 0 aliphatic carbocycles. The molecule has 57 heavy (non-hydrogen) atoms. The van der Waals surface area contributed by atoms with E-state index in [4.69, 9.17) is 16.2 Å². The van der Waals surface area contributed by atoms with Crippen molar-refractivity contribution in [3.63, 3.8) is 0 Å². The Morgan fingerprint density at radius 3 is 1.77 bits per heavy atom. The monoisotopic (exact) mass is 855 g/mol. The van der Waals surface area contributed by atoms with Crippen LogP contribution in [0.1, 0.15) is 70.4 Å². The number of carbonyl (C=O) groups excluding carboxylic acids is 5. The summed E-state index contributed by atoms with van der Waals surface area (Å²) in [7, 11) is 1.40. The number of ether oxygens (including phenoxy) is 1. The summed E-state index contributed by atoms with van der Waals surface area (Å²) in [6, 6.07) is 14.9. The normalized spacial score (nSPS) is 17.1. The largest absolute Gasteiger partial charge is 0.468 e. The molecule has 1 spiro atoms. The molecule has 0 saturated carbocycles. The second-order valence-corrected chi connectivity index (χ2v) is 15.5. The molecule has 2 aliphatic rings. The topological polar surface area (TPSA) is 189 Å². The second-order valence-electron chi connectivity index (χ2n) is 15.5. The number of likely N-dealkylation sites (tertiary alicyclic amines) is 2. The summed E-state index contributed by atoms with van der Waals surface area (Å²) in [6.07, 6.45) is 4.22. The van der Waals surface area contributed by atoms with Crippen molar-refractivity contribution in [3.05, 3.63) is 71.8 Å². The summed E-state index contributed by atoms with van der Waals surface area (Å²) >= 11 is 0. The zero-order valence-electron chi connectivity index (χ0n) is 33.7. The second kappa shape index (κ2) is 25.1. The first-order valence-electron chi connectivity index (χ1n) is 19.4. The van der Waals surface area contributed by atoms with Crippen molar-refractivity contribution in [2.45, 2.75) is 102 Å². The Bertz CT molecular complexity index is 1540. The molecule has 2 saturated heterocycles. The lowest BCUT2D eigenvalue weighted by Crippen LogP contribution is -2.65. The van der Waals surface area contributed by atoms with Gasteiger partial charge in [-0.3, -0.25) is 28.9 Å². The lowest BCUT2D eigenvalue weighted by molar-refractivity contribution is -0.155. The van der Waals surface area contributed by atoms with Crippen LogP contribution in [0.25, 0.3) is 0 Å². The zero-order valence-corrected chi connectivity index (χ0v) is 36.1. The van der Waals surface area contributed by atoms with Gasteiger partial charge in [-0.2, -0.15) is 0 Å². The van der Waals surface area contributed by atoms with E-state index in [1.807, 2.05) is 86.3 Å². The highest BCUT2D eigenvalue weighted by Crippen LogP contribution is 2.41. The van der Waals surface area contributed by atoms with Gasteiger partial charge in [0.05, 0.1) is 13.2 Å². The summed E-state index contributed by atoms with van der Waals surface area (Å²) in [6.45, 7) is 8.91. The van der Waals surface area contributed by atoms with Crippen molar-refractivity contribution in [2.24, 2.45) is 22.8 Å². The van der Waals surface area contributed by atoms with Crippen LogP contribution in [0.2, 0.25) is 0 Å². The van der Waals surface area contributed by atoms with Crippen molar-refractivity contribution in [1.82, 2.24) is 25.8 Å². The van der Waals surface area contributed by atoms with Gasteiger partial charge in [0.1, 0.15) is 24.2 Å². The maximum Gasteiger partial charge on any atom is 0.322 e. The Morgan fingerprint density at radius 1 is 0.737 bits per heavy atom. The molecule has 4 rings (SSSR count). The van der Waals surface area contributed by atoms with Gasteiger partial charge in [0.2, 0.25) is 23.6 Å². The number of nitrogens with one attached hydrogen (secondary N) is 3. The number of esters is 1. The minimum absolute atomic E-state index is 0. The number of halogens is 3. The first-order valence-corrected chi connectivity index (χ1v) is 19.4. The Labute approximate surface area is 356 Å². The Kier molecular flexibility index (Phi) is 22.7. The van der Waals surface area contributed by atoms with E-state index in [0.717, 1.165) is 37.1 Å². The van der Waals surface area contributed by atoms with E-state index >= 15 is 0 Å². The van der Waals surface area contributed by atoms with Crippen molar-refractivity contribution in [1.29, 1.82) is 0 Å². The smallest absolute Gasteiger partial charge is 0.322 e. The summed E-state index contributed by atoms with van der Waals surface area (Å²) in [5.41, 5.74) is 13.9. The number of benzene rings is 2. The number of hydrogen-bond acceptors (Lipinski definition) is 9. The number of hydrogen-bond donors (Lipinski definition) is 5. The van der Waals surface area contributed by atoms with E-state index in [2.05, 4.69) is 20.9 Å². The molecule has 4 amide bonds. The van der Waals surface area contributed by atoms with Crippen LogP contribution in [0, 0.1) is 11.3 Å². The standard InChI is InChI=1S/C41H61N7O6.3ClH/c1-28(2)23-34(46-38(51)35(25-31-15-9-6-10-16-31)45-36(49)32(43)24-30-13-7-5-8-14-30)37(50)44-33(17-11-12-20-42)39(52)47-21-18-41(19-22-47)26-48(27-41)29(3)40(53)54-4;;;/h5-10,13-16,28-29,32-35H,11-12,17-27,42-43H2,1-4H3,(H,44,50)(H,45,49)(H,46,51);3*1H/t29?,32-,33-,34-,35-;;;/m1.../s1. The molecule has 0 aromatic heterocycles. The molecule has 16 heteroatoms. The molecule has 2 fully saturated rings. The third kappa shape index (κ3) is 15.3. The average molecular weight is 857 g/mol. The molecular weight excluding hydrogens is 793 g/mol. The molecule has 0 bridgehead atoms. The molecular formula is C41H64Cl3N7O6. The number of piperidine rings is 1. The van der Waals surface area contributed by atoms with Gasteiger partial charge in [0.25, 0.3) is 0 Å². The van der Waals surface area contributed by atoms with E-state index in [9.17, 15) is 24.0 Å². The van der Waals surface area contributed by atoms with Gasteiger partial charge >= 0.3 is 5.97 Å². The number of carbonyl (C=O) groups is 5. The highest BCUT2D eigenvalue weighted by Gasteiger charge is 2.48. The maximum absolute atomic E-state index is 14.0. The van der Waals surface area contributed by atoms with Crippen LogP contribution in [-0.2, 0) is 41.6 Å². The van der Waals surface area contributed by atoms with Gasteiger partial charge in [-0.25, -0.2) is 0 Å². The highest BCUT2D eigenvalue weighted by molar-refractivity contribution is 5.95. The lowest BCUT2D eigenvalue weighted by atomic mass is 9.71. The number of rotatable bonds is 19. The number of nitrogens with zero attached hydrogens (tertiary/aromatic N) is 2. The third-order valence-electron chi connectivity index (χ3n) is 10.8. The quantitative estimate of drug-likeness (QED) is 0.105. The molecule has 13 nitrogen and oxygen atoms in total.